The largest absolute Gasteiger partial charge is 0.431 e. The summed E-state index contributed by atoms with van der Waals surface area (Å²) in [5.74, 6) is 0.287. The van der Waals surface area contributed by atoms with Gasteiger partial charge in [-0.2, -0.15) is 15.3 Å². The van der Waals surface area contributed by atoms with E-state index < -0.39 is 0 Å². The summed E-state index contributed by atoms with van der Waals surface area (Å²) in [4.78, 5) is 0. The molecule has 0 aliphatic heterocycles. The van der Waals surface area contributed by atoms with Crippen molar-refractivity contribution in [3.05, 3.63) is 60.9 Å². The van der Waals surface area contributed by atoms with E-state index >= 15 is 0 Å². The lowest BCUT2D eigenvalue weighted by Gasteiger charge is -1.94. The van der Waals surface area contributed by atoms with Crippen LogP contribution in [0.4, 0.5) is 5.69 Å². The van der Waals surface area contributed by atoms with Gasteiger partial charge in [0.15, 0.2) is 6.07 Å². The van der Waals surface area contributed by atoms with E-state index in [-0.39, 0.29) is 5.84 Å². The Morgan fingerprint density at radius 1 is 1.06 bits per heavy atom. The summed E-state index contributed by atoms with van der Waals surface area (Å²) >= 11 is 0. The van der Waals surface area contributed by atoms with Crippen LogP contribution in [0.5, 0.6) is 0 Å². The predicted octanol–water partition coefficient (Wildman–Crippen LogP) is 1.77. The van der Waals surface area contributed by atoms with Gasteiger partial charge in [0.25, 0.3) is 0 Å². The number of nitrogens with one attached hydrogen (secondary N) is 1. The minimum Gasteiger partial charge on any atom is -0.192 e. The Morgan fingerprint density at radius 2 is 1.71 bits per heavy atom. The smallest absolute Gasteiger partial charge is 0.192 e. The normalized spacial score (nSPS) is 10.6. The van der Waals surface area contributed by atoms with Crippen molar-refractivity contribution in [2.75, 3.05) is 5.43 Å². The molecule has 0 aliphatic rings. The lowest BCUT2D eigenvalue weighted by molar-refractivity contribution is -0.553. The Balaban J connectivity index is 2.18. The first kappa shape index (κ1) is 10.8. The van der Waals surface area contributed by atoms with Gasteiger partial charge in [-0.25, -0.2) is 0 Å². The predicted molar refractivity (Wildman–Crippen MR) is 65.1 cm³/mol. The molecule has 0 bridgehead atoms. The van der Waals surface area contributed by atoms with Crippen LogP contribution in [0.25, 0.3) is 0 Å². The Bertz CT molecular complexity index is 541. The molecule has 17 heavy (non-hydrogen) atoms. The highest BCUT2D eigenvalue weighted by atomic mass is 15.3. The third-order valence-electron chi connectivity index (χ3n) is 2.12. The lowest BCUT2D eigenvalue weighted by Crippen LogP contribution is -2.41. The molecule has 0 aliphatic carbocycles. The number of rotatable bonds is 2. The summed E-state index contributed by atoms with van der Waals surface area (Å²) < 4.78 is 1.65. The second-order valence-electron chi connectivity index (χ2n) is 3.31. The van der Waals surface area contributed by atoms with Gasteiger partial charge in [-0.15, -0.1) is 0 Å². The molecule has 0 spiro atoms. The van der Waals surface area contributed by atoms with E-state index in [9.17, 15) is 0 Å². The molecule has 0 atom stereocenters. The number of aromatic nitrogens is 1. The van der Waals surface area contributed by atoms with Crippen LogP contribution in [0.3, 0.4) is 0 Å². The molecule has 1 aromatic carbocycles. The summed E-state index contributed by atoms with van der Waals surface area (Å²) in [5, 5.41) is 13.1. The number of pyridine rings is 1. The van der Waals surface area contributed by atoms with Crippen LogP contribution in [0, 0.1) is 11.3 Å². The van der Waals surface area contributed by atoms with Gasteiger partial charge in [0.2, 0.25) is 0 Å². The number of hydrazone groups is 1. The van der Waals surface area contributed by atoms with Gasteiger partial charge in [0.05, 0.1) is 23.2 Å². The average Bonchev–Trinajstić information content (AvgIpc) is 2.42. The summed E-state index contributed by atoms with van der Waals surface area (Å²) in [6.45, 7) is 0. The quantitative estimate of drug-likeness (QED) is 0.365. The van der Waals surface area contributed by atoms with Crippen LogP contribution in [0.15, 0.2) is 66.0 Å². The van der Waals surface area contributed by atoms with Crippen LogP contribution < -0.4 is 9.99 Å². The first-order chi connectivity index (χ1) is 8.40. The minimum atomic E-state index is 0.287. The molecule has 0 saturated carbocycles. The first-order valence-electron chi connectivity index (χ1n) is 5.15. The maximum Gasteiger partial charge on any atom is 0.431 e. The van der Waals surface area contributed by atoms with Gasteiger partial charge in [0.1, 0.15) is 0 Å². The van der Waals surface area contributed by atoms with Crippen molar-refractivity contribution in [3.8, 4) is 6.07 Å². The number of benzene rings is 1. The molecule has 0 unspecified atom stereocenters. The summed E-state index contributed by atoms with van der Waals surface area (Å²) in [5.41, 5.74) is 3.68. The van der Waals surface area contributed by atoms with E-state index in [0.717, 1.165) is 5.69 Å². The van der Waals surface area contributed by atoms with Crippen LogP contribution in [-0.4, -0.2) is 5.84 Å². The van der Waals surface area contributed by atoms with Gasteiger partial charge in [0, 0.05) is 0 Å². The molecule has 4 heteroatoms. The number of para-hydroxylation sites is 1. The van der Waals surface area contributed by atoms with Crippen molar-refractivity contribution in [1.29, 1.82) is 5.26 Å². The SMILES string of the molecule is N#C/C(=N\Nc1ccccc1)[n+]1ccccc1. The molecule has 82 valence electrons. The molecular formula is C13H11N4+. The maximum absolute atomic E-state index is 9.02. The zero-order chi connectivity index (χ0) is 11.9. The highest BCUT2D eigenvalue weighted by Gasteiger charge is 2.09. The highest BCUT2D eigenvalue weighted by Crippen LogP contribution is 2.03. The Labute approximate surface area is 99.5 Å². The van der Waals surface area contributed by atoms with Crippen LogP contribution in [-0.2, 0) is 0 Å². The van der Waals surface area contributed by atoms with Gasteiger partial charge < -0.3 is 0 Å². The van der Waals surface area contributed by atoms with Crippen molar-refractivity contribution in [2.24, 2.45) is 5.10 Å². The lowest BCUT2D eigenvalue weighted by atomic mass is 10.3. The van der Waals surface area contributed by atoms with Crippen LogP contribution in [0.1, 0.15) is 0 Å². The van der Waals surface area contributed by atoms with Crippen molar-refractivity contribution in [1.82, 2.24) is 0 Å². The standard InChI is InChI=1S/C13H11N4/c14-11-13(17-9-5-2-6-10-17)16-15-12-7-3-1-4-8-12/h1-10,15H/q+1/b16-13+. The van der Waals surface area contributed by atoms with Crippen molar-refractivity contribution < 1.29 is 4.57 Å². The Morgan fingerprint density at radius 3 is 2.35 bits per heavy atom. The van der Waals surface area contributed by atoms with Gasteiger partial charge in [-0.1, -0.05) is 24.3 Å². The van der Waals surface area contributed by atoms with Crippen molar-refractivity contribution >= 4 is 11.5 Å². The average molecular weight is 223 g/mol. The van der Waals surface area contributed by atoms with Crippen LogP contribution >= 0.6 is 0 Å². The second kappa shape index (κ2) is 5.42. The van der Waals surface area contributed by atoms with Gasteiger partial charge in [-0.3, -0.25) is 0 Å². The molecule has 1 aromatic heterocycles. The Kier molecular flexibility index (Phi) is 3.46. The summed E-state index contributed by atoms with van der Waals surface area (Å²) in [7, 11) is 0. The van der Waals surface area contributed by atoms with Crippen molar-refractivity contribution in [2.45, 2.75) is 0 Å². The van der Waals surface area contributed by atoms with E-state index in [1.54, 1.807) is 17.0 Å². The number of nitriles is 1. The maximum atomic E-state index is 9.02. The molecule has 0 radical (unpaired) electrons. The van der Waals surface area contributed by atoms with E-state index in [4.69, 9.17) is 5.26 Å². The number of hydrogen-bond donors (Lipinski definition) is 1. The number of hydrogen-bond acceptors (Lipinski definition) is 3. The molecule has 2 aromatic rings. The molecule has 0 fully saturated rings. The van der Waals surface area contributed by atoms with E-state index in [1.807, 2.05) is 54.6 Å². The Hall–Kier alpha value is -2.67. The van der Waals surface area contributed by atoms with Gasteiger partial charge in [-0.05, 0) is 24.3 Å². The zero-order valence-electron chi connectivity index (χ0n) is 9.12. The monoisotopic (exact) mass is 223 g/mol. The molecule has 4 nitrogen and oxygen atoms in total. The summed E-state index contributed by atoms with van der Waals surface area (Å²) in [6, 6.07) is 17.1. The second-order valence-corrected chi connectivity index (χ2v) is 3.31. The third kappa shape index (κ3) is 2.89. The zero-order valence-corrected chi connectivity index (χ0v) is 9.12. The van der Waals surface area contributed by atoms with Crippen molar-refractivity contribution in [3.63, 3.8) is 0 Å². The molecule has 1 N–H and O–H groups in total. The highest BCUT2D eigenvalue weighted by molar-refractivity contribution is 5.89. The third-order valence-corrected chi connectivity index (χ3v) is 2.12. The van der Waals surface area contributed by atoms with E-state index in [0.29, 0.717) is 0 Å². The molecule has 0 saturated heterocycles. The minimum absolute atomic E-state index is 0.287. The topological polar surface area (TPSA) is 52.1 Å². The number of nitrogens with zero attached hydrogens (tertiary/aromatic N) is 3. The molecular weight excluding hydrogens is 212 g/mol. The van der Waals surface area contributed by atoms with Crippen LogP contribution in [0.2, 0.25) is 0 Å². The van der Waals surface area contributed by atoms with Gasteiger partial charge >= 0.3 is 5.84 Å². The number of anilines is 1. The fraction of sp³-hybridized carbons (Fsp3) is 0. The molecule has 2 rings (SSSR count). The fourth-order valence-corrected chi connectivity index (χ4v) is 1.31. The summed E-state index contributed by atoms with van der Waals surface area (Å²) in [6.07, 6.45) is 3.55. The molecule has 0 amide bonds. The first-order valence-corrected chi connectivity index (χ1v) is 5.15. The molecule has 1 heterocycles. The van der Waals surface area contributed by atoms with E-state index in [2.05, 4.69) is 10.5 Å². The fourth-order valence-electron chi connectivity index (χ4n) is 1.31. The van der Waals surface area contributed by atoms with E-state index in [1.165, 1.54) is 0 Å².